The highest BCUT2D eigenvalue weighted by Crippen LogP contribution is 2.36. The molecule has 190 valence electrons. The normalized spacial score (nSPS) is 12.1. The molecule has 0 radical (unpaired) electrons. The van der Waals surface area contributed by atoms with Crippen LogP contribution in [0.4, 0.5) is 28.0 Å². The number of pyridine rings is 1. The van der Waals surface area contributed by atoms with Crippen LogP contribution in [0.25, 0.3) is 11.3 Å². The summed E-state index contributed by atoms with van der Waals surface area (Å²) in [5, 5.41) is 25.6. The van der Waals surface area contributed by atoms with Crippen LogP contribution in [-0.2, 0) is 19.8 Å². The molecule has 3 aromatic rings. The van der Waals surface area contributed by atoms with Gasteiger partial charge >= 0.3 is 12.2 Å². The second-order valence-electron chi connectivity index (χ2n) is 7.93. The Kier molecular flexibility index (Phi) is 7.71. The minimum Gasteiger partial charge on any atom is -0.474 e. The third kappa shape index (κ3) is 6.23. The standard InChI is InChI=1S/C22H22F4N8O2/c1-11-5-15(31-32-18(11)16-9-34(4)33-19(16)22(24,25)26)8-28-21(35)30-17-6-14(7-27)29-20(13(17)3)36-10-12(2)23/h5-6,9,12H,8,10H2,1-4H3,(H2,28,29,30,35). The van der Waals surface area contributed by atoms with E-state index < -0.39 is 24.1 Å². The summed E-state index contributed by atoms with van der Waals surface area (Å²) >= 11 is 0. The highest BCUT2D eigenvalue weighted by atomic mass is 19.4. The first-order valence-electron chi connectivity index (χ1n) is 10.6. The summed E-state index contributed by atoms with van der Waals surface area (Å²) in [5.41, 5.74) is 0.0481. The molecule has 3 rings (SSSR count). The maximum atomic E-state index is 13.3. The number of nitrogens with one attached hydrogen (secondary N) is 2. The van der Waals surface area contributed by atoms with Gasteiger partial charge in [-0.3, -0.25) is 4.68 Å². The fourth-order valence-corrected chi connectivity index (χ4v) is 3.21. The van der Waals surface area contributed by atoms with Crippen molar-refractivity contribution in [2.24, 2.45) is 7.05 Å². The van der Waals surface area contributed by atoms with Crippen molar-refractivity contribution in [2.45, 2.75) is 39.7 Å². The molecular formula is C22H22F4N8O2. The summed E-state index contributed by atoms with van der Waals surface area (Å²) in [6, 6.07) is 4.03. The Hall–Kier alpha value is -4.28. The van der Waals surface area contributed by atoms with Crippen LogP contribution in [0.5, 0.6) is 5.88 Å². The number of carbonyl (C=O) groups excluding carboxylic acids is 1. The largest absolute Gasteiger partial charge is 0.474 e. The molecule has 14 heteroatoms. The lowest BCUT2D eigenvalue weighted by Crippen LogP contribution is -2.29. The molecule has 3 heterocycles. The predicted octanol–water partition coefficient (Wildman–Crippen LogP) is 3.84. The Balaban J connectivity index is 1.72. The van der Waals surface area contributed by atoms with Gasteiger partial charge in [0.1, 0.15) is 24.5 Å². The number of anilines is 1. The molecule has 0 saturated heterocycles. The van der Waals surface area contributed by atoms with Crippen LogP contribution in [0.1, 0.15) is 35.1 Å². The van der Waals surface area contributed by atoms with Gasteiger partial charge in [-0.1, -0.05) is 0 Å². The molecule has 3 aromatic heterocycles. The van der Waals surface area contributed by atoms with Gasteiger partial charge in [0.25, 0.3) is 0 Å². The van der Waals surface area contributed by atoms with Crippen LogP contribution in [0, 0.1) is 25.2 Å². The van der Waals surface area contributed by atoms with Crippen molar-refractivity contribution in [3.63, 3.8) is 0 Å². The highest BCUT2D eigenvalue weighted by Gasteiger charge is 2.38. The molecule has 1 unspecified atom stereocenters. The number of halogens is 4. The van der Waals surface area contributed by atoms with Gasteiger partial charge in [-0.05, 0) is 38.5 Å². The van der Waals surface area contributed by atoms with Gasteiger partial charge in [0.2, 0.25) is 5.88 Å². The van der Waals surface area contributed by atoms with Crippen molar-refractivity contribution in [3.8, 4) is 23.2 Å². The summed E-state index contributed by atoms with van der Waals surface area (Å²) < 4.78 is 59.4. The molecule has 0 fully saturated rings. The van der Waals surface area contributed by atoms with E-state index in [-0.39, 0.29) is 41.7 Å². The third-order valence-electron chi connectivity index (χ3n) is 4.86. The molecule has 0 aliphatic heterocycles. The molecule has 0 aromatic carbocycles. The van der Waals surface area contributed by atoms with Crippen LogP contribution < -0.4 is 15.4 Å². The number of nitrogens with zero attached hydrogens (tertiary/aromatic N) is 6. The van der Waals surface area contributed by atoms with Crippen molar-refractivity contribution in [1.82, 2.24) is 30.3 Å². The topological polar surface area (TPSA) is 131 Å². The first-order chi connectivity index (χ1) is 16.9. The Morgan fingerprint density at radius 1 is 1.28 bits per heavy atom. The van der Waals surface area contributed by atoms with Gasteiger partial charge in [0, 0.05) is 18.8 Å². The molecule has 36 heavy (non-hydrogen) atoms. The van der Waals surface area contributed by atoms with Crippen LogP contribution in [-0.4, -0.2) is 43.8 Å². The number of urea groups is 1. The lowest BCUT2D eigenvalue weighted by molar-refractivity contribution is -0.141. The van der Waals surface area contributed by atoms with Crippen LogP contribution >= 0.6 is 0 Å². The highest BCUT2D eigenvalue weighted by molar-refractivity contribution is 5.90. The predicted molar refractivity (Wildman–Crippen MR) is 120 cm³/mol. The second-order valence-corrected chi connectivity index (χ2v) is 7.93. The lowest BCUT2D eigenvalue weighted by atomic mass is 10.1. The van der Waals surface area contributed by atoms with Crippen molar-refractivity contribution < 1.29 is 27.1 Å². The molecule has 0 saturated carbocycles. The lowest BCUT2D eigenvalue weighted by Gasteiger charge is -2.14. The van der Waals surface area contributed by atoms with Crippen LogP contribution in [0.3, 0.4) is 0 Å². The number of aryl methyl sites for hydroxylation is 2. The quantitative estimate of drug-likeness (QED) is 0.466. The number of hydrogen-bond donors (Lipinski definition) is 2. The number of carbonyl (C=O) groups is 1. The average molecular weight is 506 g/mol. The number of alkyl halides is 4. The molecule has 0 spiro atoms. The van der Waals surface area contributed by atoms with E-state index in [1.807, 2.05) is 6.07 Å². The SMILES string of the molecule is Cc1cc(CNC(=O)Nc2cc(C#N)nc(OCC(C)F)c2C)nnc1-c1cn(C)nc1C(F)(F)F. The van der Waals surface area contributed by atoms with Crippen molar-refractivity contribution in [2.75, 3.05) is 11.9 Å². The van der Waals surface area contributed by atoms with Crippen molar-refractivity contribution >= 4 is 11.7 Å². The zero-order valence-electron chi connectivity index (χ0n) is 19.7. The zero-order chi connectivity index (χ0) is 26.6. The number of nitriles is 1. The average Bonchev–Trinajstić information content (AvgIpc) is 3.20. The Labute approximate surface area is 203 Å². The van der Waals surface area contributed by atoms with E-state index in [2.05, 4.69) is 30.9 Å². The van der Waals surface area contributed by atoms with E-state index in [0.29, 0.717) is 16.8 Å². The maximum Gasteiger partial charge on any atom is 0.435 e. The van der Waals surface area contributed by atoms with Gasteiger partial charge in [-0.2, -0.15) is 28.6 Å². The number of rotatable bonds is 7. The Bertz CT molecular complexity index is 1310. The van der Waals surface area contributed by atoms with Crippen molar-refractivity contribution in [1.29, 1.82) is 5.26 Å². The summed E-state index contributed by atoms with van der Waals surface area (Å²) in [4.78, 5) is 16.4. The maximum absolute atomic E-state index is 13.3. The van der Waals surface area contributed by atoms with E-state index in [0.717, 1.165) is 4.68 Å². The summed E-state index contributed by atoms with van der Waals surface area (Å²) in [6.07, 6.45) is -4.70. The molecule has 2 amide bonds. The summed E-state index contributed by atoms with van der Waals surface area (Å²) in [6.45, 7) is 4.11. The molecule has 1 atom stereocenters. The Morgan fingerprint density at radius 3 is 2.61 bits per heavy atom. The number of ether oxygens (including phenoxy) is 1. The van der Waals surface area contributed by atoms with Gasteiger partial charge < -0.3 is 15.4 Å². The fraction of sp³-hybridized carbons (Fsp3) is 0.364. The summed E-state index contributed by atoms with van der Waals surface area (Å²) in [5.74, 6) is 0.0135. The minimum atomic E-state index is -4.66. The van der Waals surface area contributed by atoms with E-state index in [1.165, 1.54) is 32.3 Å². The van der Waals surface area contributed by atoms with Gasteiger partial charge in [0.15, 0.2) is 5.69 Å². The van der Waals surface area contributed by atoms with Gasteiger partial charge in [0.05, 0.1) is 29.2 Å². The molecule has 0 aliphatic rings. The third-order valence-corrected chi connectivity index (χ3v) is 4.86. The fourth-order valence-electron chi connectivity index (χ4n) is 3.21. The second kappa shape index (κ2) is 10.5. The molecular weight excluding hydrogens is 484 g/mol. The van der Waals surface area contributed by atoms with Gasteiger partial charge in [-0.15, -0.1) is 5.10 Å². The zero-order valence-corrected chi connectivity index (χ0v) is 19.7. The van der Waals surface area contributed by atoms with E-state index in [9.17, 15) is 27.6 Å². The number of aromatic nitrogens is 5. The smallest absolute Gasteiger partial charge is 0.435 e. The summed E-state index contributed by atoms with van der Waals surface area (Å²) in [7, 11) is 1.37. The Morgan fingerprint density at radius 2 is 2.00 bits per heavy atom. The van der Waals surface area contributed by atoms with E-state index in [1.54, 1.807) is 13.8 Å². The first kappa shape index (κ1) is 26.3. The minimum absolute atomic E-state index is 0.0135. The molecule has 0 aliphatic carbocycles. The first-order valence-corrected chi connectivity index (χ1v) is 10.6. The molecule has 2 N–H and O–H groups in total. The van der Waals surface area contributed by atoms with E-state index >= 15 is 0 Å². The van der Waals surface area contributed by atoms with Crippen LogP contribution in [0.15, 0.2) is 18.3 Å². The molecule has 0 bridgehead atoms. The van der Waals surface area contributed by atoms with Gasteiger partial charge in [-0.25, -0.2) is 14.2 Å². The van der Waals surface area contributed by atoms with Crippen LogP contribution in [0.2, 0.25) is 0 Å². The monoisotopic (exact) mass is 506 g/mol. The number of hydrogen-bond acceptors (Lipinski definition) is 7. The number of amides is 2. The van der Waals surface area contributed by atoms with Crippen molar-refractivity contribution in [3.05, 3.63) is 46.5 Å². The molecule has 10 nitrogen and oxygen atoms in total. The van der Waals surface area contributed by atoms with E-state index in [4.69, 9.17) is 4.74 Å².